The molecule has 0 bridgehead atoms. The van der Waals surface area contributed by atoms with E-state index in [1.54, 1.807) is 10.9 Å². The topological polar surface area (TPSA) is 149 Å². The molecule has 3 aromatic carbocycles. The summed E-state index contributed by atoms with van der Waals surface area (Å²) in [6.07, 6.45) is 6.89. The number of aryl methyl sites for hydroxylation is 3. The number of amides is 3. The van der Waals surface area contributed by atoms with Crippen LogP contribution in [0.5, 0.6) is 0 Å². The zero-order valence-electron chi connectivity index (χ0n) is 31.7. The predicted octanol–water partition coefficient (Wildman–Crippen LogP) is 6.15. The molecule has 4 N–H and O–H groups in total. The van der Waals surface area contributed by atoms with Crippen molar-refractivity contribution in [3.8, 4) is 0 Å². The van der Waals surface area contributed by atoms with Gasteiger partial charge in [-0.3, -0.25) is 24.6 Å². The van der Waals surface area contributed by atoms with Crippen LogP contribution in [0.25, 0.3) is 11.0 Å². The summed E-state index contributed by atoms with van der Waals surface area (Å²) in [7, 11) is 1.88. The fourth-order valence-corrected chi connectivity index (χ4v) is 8.12. The highest BCUT2D eigenvalue weighted by atomic mass is 16.2. The average molecular weight is 741 g/mol. The van der Waals surface area contributed by atoms with Crippen molar-refractivity contribution in [3.63, 3.8) is 0 Å². The van der Waals surface area contributed by atoms with Gasteiger partial charge in [0.1, 0.15) is 0 Å². The Hall–Kier alpha value is -5.82. The molecule has 1 saturated heterocycles. The van der Waals surface area contributed by atoms with Crippen LogP contribution in [-0.4, -0.2) is 66.4 Å². The van der Waals surface area contributed by atoms with E-state index in [9.17, 15) is 14.4 Å². The third kappa shape index (κ3) is 7.74. The second kappa shape index (κ2) is 15.5. The van der Waals surface area contributed by atoms with Crippen LogP contribution < -0.4 is 21.3 Å². The number of carbonyl (C=O) groups excluding carboxylic acids is 3. The second-order valence-corrected chi connectivity index (χ2v) is 15.0. The monoisotopic (exact) mass is 740 g/mol. The van der Waals surface area contributed by atoms with Gasteiger partial charge < -0.3 is 20.9 Å². The highest BCUT2D eigenvalue weighted by molar-refractivity contribution is 6.00. The summed E-state index contributed by atoms with van der Waals surface area (Å²) in [6, 6.07) is 18.5. The number of nitrogens with one attached hydrogen (secondary N) is 4. The molecule has 3 amide bonds. The number of imide groups is 1. The molecule has 1 atom stereocenters. The van der Waals surface area contributed by atoms with E-state index in [-0.39, 0.29) is 23.8 Å². The van der Waals surface area contributed by atoms with Gasteiger partial charge in [-0.05, 0) is 91.1 Å². The Balaban J connectivity index is 0.807. The minimum absolute atomic E-state index is 0.186. The van der Waals surface area contributed by atoms with Gasteiger partial charge in [0.05, 0.1) is 11.4 Å². The number of hydrogen-bond acceptors (Lipinski definition) is 10. The Morgan fingerprint density at radius 1 is 0.909 bits per heavy atom. The fourth-order valence-electron chi connectivity index (χ4n) is 8.12. The van der Waals surface area contributed by atoms with Gasteiger partial charge in [-0.15, -0.1) is 0 Å². The molecule has 13 heteroatoms. The molecule has 5 aromatic rings. The normalized spacial score (nSPS) is 16.9. The fraction of sp³-hybridized carbons (Fsp3) is 0.381. The number of aromatic nitrogens is 4. The first-order valence-electron chi connectivity index (χ1n) is 19.3. The standard InChI is InChI=1S/C42H48N10O3/c1-26-9-7-10-27(2)38(26)47-39-32-22-44-42(48-40(32)50(3)49-39)45-31-15-14-28-18-20-51(24-30(28)21-31)37(54)13-5-4-6-19-43-34-12-8-11-29-23-52(25-33(29)34)35-16-17-36(53)46-41(35)55/h7-12,14-15,21-22,35,43H,4-6,13,16-20,23-25H2,1-3H3,(H,47,49)(H,44,45,48)(H,46,53,55). The third-order valence-electron chi connectivity index (χ3n) is 11.2. The quantitative estimate of drug-likeness (QED) is 0.0868. The molecule has 0 radical (unpaired) electrons. The lowest BCUT2D eigenvalue weighted by Crippen LogP contribution is -2.50. The summed E-state index contributed by atoms with van der Waals surface area (Å²) in [5.74, 6) is 1.02. The van der Waals surface area contributed by atoms with Crippen LogP contribution in [0.3, 0.4) is 0 Å². The largest absolute Gasteiger partial charge is 0.385 e. The number of fused-ring (bicyclic) bond motifs is 3. The molecule has 5 heterocycles. The summed E-state index contributed by atoms with van der Waals surface area (Å²) in [5.41, 5.74) is 10.9. The van der Waals surface area contributed by atoms with Crippen molar-refractivity contribution in [3.05, 3.63) is 94.2 Å². The first kappa shape index (κ1) is 36.2. The van der Waals surface area contributed by atoms with Crippen molar-refractivity contribution < 1.29 is 14.4 Å². The molecular formula is C42H48N10O3. The molecule has 55 heavy (non-hydrogen) atoms. The highest BCUT2D eigenvalue weighted by Crippen LogP contribution is 2.33. The maximum atomic E-state index is 13.3. The zero-order chi connectivity index (χ0) is 38.1. The molecule has 0 saturated carbocycles. The van der Waals surface area contributed by atoms with Crippen molar-refractivity contribution >= 4 is 57.6 Å². The third-order valence-corrected chi connectivity index (χ3v) is 11.2. The molecule has 1 unspecified atom stereocenters. The molecule has 0 aliphatic carbocycles. The lowest BCUT2D eigenvalue weighted by atomic mass is 9.98. The van der Waals surface area contributed by atoms with Gasteiger partial charge in [-0.2, -0.15) is 10.1 Å². The van der Waals surface area contributed by atoms with Crippen molar-refractivity contribution in [1.82, 2.24) is 34.9 Å². The van der Waals surface area contributed by atoms with E-state index < -0.39 is 0 Å². The molecule has 2 aromatic heterocycles. The number of nitrogens with zero attached hydrogens (tertiary/aromatic N) is 6. The lowest BCUT2D eigenvalue weighted by Gasteiger charge is -2.29. The van der Waals surface area contributed by atoms with E-state index in [0.29, 0.717) is 50.7 Å². The van der Waals surface area contributed by atoms with E-state index in [1.807, 2.05) is 24.1 Å². The van der Waals surface area contributed by atoms with Crippen LogP contribution in [0, 0.1) is 13.8 Å². The summed E-state index contributed by atoms with van der Waals surface area (Å²) < 4.78 is 1.76. The van der Waals surface area contributed by atoms with Gasteiger partial charge in [0.2, 0.25) is 23.7 Å². The number of unbranched alkanes of at least 4 members (excludes halogenated alkanes) is 2. The SMILES string of the molecule is Cc1cccc(C)c1Nc1nn(C)c2nc(Nc3ccc4c(c3)CN(C(=O)CCCCCNc3cccc5c3CN(C3CCC(=O)NC3=O)C5)CC4)ncc12. The van der Waals surface area contributed by atoms with Gasteiger partial charge in [0, 0.05) is 75.9 Å². The average Bonchev–Trinajstić information content (AvgIpc) is 3.75. The van der Waals surface area contributed by atoms with Crippen molar-refractivity contribution in [1.29, 1.82) is 0 Å². The number of carbonyl (C=O) groups is 3. The number of para-hydroxylation sites is 1. The smallest absolute Gasteiger partial charge is 0.243 e. The summed E-state index contributed by atoms with van der Waals surface area (Å²) in [5, 5.41) is 18.5. The Morgan fingerprint density at radius 2 is 1.75 bits per heavy atom. The Labute approximate surface area is 320 Å². The Morgan fingerprint density at radius 3 is 2.58 bits per heavy atom. The van der Waals surface area contributed by atoms with Crippen LogP contribution in [0.2, 0.25) is 0 Å². The number of hydrogen-bond donors (Lipinski definition) is 4. The van der Waals surface area contributed by atoms with Crippen molar-refractivity contribution in [2.75, 3.05) is 29.0 Å². The maximum absolute atomic E-state index is 13.3. The van der Waals surface area contributed by atoms with E-state index >= 15 is 0 Å². The summed E-state index contributed by atoms with van der Waals surface area (Å²) in [6.45, 7) is 7.70. The van der Waals surface area contributed by atoms with E-state index in [4.69, 9.17) is 10.1 Å². The zero-order valence-corrected chi connectivity index (χ0v) is 31.7. The highest BCUT2D eigenvalue weighted by Gasteiger charge is 2.35. The van der Waals surface area contributed by atoms with E-state index in [2.05, 4.69) is 87.5 Å². The molecule has 0 spiro atoms. The van der Waals surface area contributed by atoms with Crippen LogP contribution in [0.4, 0.5) is 28.8 Å². The number of anilines is 5. The van der Waals surface area contributed by atoms with Crippen LogP contribution in [-0.2, 0) is 47.5 Å². The minimum atomic E-state index is -0.266. The van der Waals surface area contributed by atoms with E-state index in [1.165, 1.54) is 16.7 Å². The first-order chi connectivity index (χ1) is 26.7. The second-order valence-electron chi connectivity index (χ2n) is 15.0. The Bertz CT molecular complexity index is 2260. The molecule has 3 aliphatic heterocycles. The predicted molar refractivity (Wildman–Crippen MR) is 213 cm³/mol. The molecule has 284 valence electrons. The molecule has 1 fully saturated rings. The maximum Gasteiger partial charge on any atom is 0.243 e. The molecular weight excluding hydrogens is 693 g/mol. The van der Waals surface area contributed by atoms with Crippen molar-refractivity contribution in [2.24, 2.45) is 7.05 Å². The van der Waals surface area contributed by atoms with Gasteiger partial charge in [-0.1, -0.05) is 42.8 Å². The lowest BCUT2D eigenvalue weighted by molar-refractivity contribution is -0.137. The van der Waals surface area contributed by atoms with E-state index in [0.717, 1.165) is 83.6 Å². The van der Waals surface area contributed by atoms with Gasteiger partial charge in [0.25, 0.3) is 0 Å². The van der Waals surface area contributed by atoms with Crippen molar-refractivity contribution in [2.45, 2.75) is 84.5 Å². The van der Waals surface area contributed by atoms with Crippen LogP contribution >= 0.6 is 0 Å². The Kier molecular flexibility index (Phi) is 10.2. The number of rotatable bonds is 12. The first-order valence-corrected chi connectivity index (χ1v) is 19.3. The van der Waals surface area contributed by atoms with Crippen LogP contribution in [0.1, 0.15) is 71.9 Å². The molecule has 3 aliphatic rings. The summed E-state index contributed by atoms with van der Waals surface area (Å²) >= 11 is 0. The molecule has 8 rings (SSSR count). The molecule has 13 nitrogen and oxygen atoms in total. The van der Waals surface area contributed by atoms with Gasteiger partial charge in [-0.25, -0.2) is 9.67 Å². The minimum Gasteiger partial charge on any atom is -0.385 e. The van der Waals surface area contributed by atoms with Crippen LogP contribution in [0.15, 0.2) is 60.8 Å². The van der Waals surface area contributed by atoms with Gasteiger partial charge in [0.15, 0.2) is 11.5 Å². The summed E-state index contributed by atoms with van der Waals surface area (Å²) in [4.78, 5) is 50.9. The number of benzene rings is 3. The number of piperidine rings is 1. The van der Waals surface area contributed by atoms with Gasteiger partial charge >= 0.3 is 0 Å².